The highest BCUT2D eigenvalue weighted by molar-refractivity contribution is 9.11. The summed E-state index contributed by atoms with van der Waals surface area (Å²) in [6.45, 7) is 0.403. The Hall–Kier alpha value is -2.84. The second-order valence-corrected chi connectivity index (χ2v) is 8.12. The number of hydrogen-bond acceptors (Lipinski definition) is 5. The molecular formula is C23H20Br2N2O4. The molecule has 3 aromatic rings. The van der Waals surface area contributed by atoms with Crippen LogP contribution in [0.4, 0.5) is 0 Å². The summed E-state index contributed by atoms with van der Waals surface area (Å²) in [6.07, 6.45) is 1.54. The van der Waals surface area contributed by atoms with Crippen LogP contribution in [-0.2, 0) is 6.61 Å². The number of ether oxygens (including phenoxy) is 3. The third-order valence-corrected chi connectivity index (χ3v) is 5.33. The Balaban J connectivity index is 1.74. The molecule has 0 aliphatic carbocycles. The van der Waals surface area contributed by atoms with Crippen LogP contribution in [0.3, 0.4) is 0 Å². The number of hydrogen-bond donors (Lipinski definition) is 1. The molecule has 3 rings (SSSR count). The predicted octanol–water partition coefficient (Wildman–Crippen LogP) is 5.57. The number of hydrazone groups is 1. The van der Waals surface area contributed by atoms with Gasteiger partial charge in [0.1, 0.15) is 12.4 Å². The van der Waals surface area contributed by atoms with Gasteiger partial charge in [0, 0.05) is 15.6 Å². The summed E-state index contributed by atoms with van der Waals surface area (Å²) in [7, 11) is 3.05. The monoisotopic (exact) mass is 546 g/mol. The van der Waals surface area contributed by atoms with Gasteiger partial charge in [0.25, 0.3) is 5.91 Å². The molecule has 0 saturated heterocycles. The molecule has 31 heavy (non-hydrogen) atoms. The van der Waals surface area contributed by atoms with Crippen LogP contribution in [0.15, 0.2) is 74.7 Å². The van der Waals surface area contributed by atoms with Crippen molar-refractivity contribution in [2.24, 2.45) is 5.10 Å². The minimum atomic E-state index is -0.377. The van der Waals surface area contributed by atoms with Gasteiger partial charge in [-0.15, -0.1) is 0 Å². The topological polar surface area (TPSA) is 69.2 Å². The molecule has 6 nitrogen and oxygen atoms in total. The van der Waals surface area contributed by atoms with E-state index in [1.807, 2.05) is 42.5 Å². The zero-order valence-electron chi connectivity index (χ0n) is 16.9. The van der Waals surface area contributed by atoms with Crippen molar-refractivity contribution in [3.8, 4) is 17.2 Å². The minimum absolute atomic E-state index is 0.377. The van der Waals surface area contributed by atoms with E-state index in [1.165, 1.54) is 20.4 Å². The Bertz CT molecular complexity index is 1090. The maximum absolute atomic E-state index is 12.5. The fraction of sp³-hybridized carbons (Fsp3) is 0.130. The highest BCUT2D eigenvalue weighted by Crippen LogP contribution is 2.33. The van der Waals surface area contributed by atoms with Gasteiger partial charge in [-0.3, -0.25) is 4.79 Å². The highest BCUT2D eigenvalue weighted by atomic mass is 79.9. The third-order valence-electron chi connectivity index (χ3n) is 4.28. The summed E-state index contributed by atoms with van der Waals surface area (Å²) in [4.78, 5) is 12.5. The molecule has 0 atom stereocenters. The summed E-state index contributed by atoms with van der Waals surface area (Å²) in [5.74, 6) is 1.25. The normalized spacial score (nSPS) is 10.7. The fourth-order valence-electron chi connectivity index (χ4n) is 2.76. The Kier molecular flexibility index (Phi) is 8.08. The number of halogens is 2. The Morgan fingerprint density at radius 1 is 1.00 bits per heavy atom. The number of nitrogens with zero attached hydrogens (tertiary/aromatic N) is 1. The zero-order chi connectivity index (χ0) is 22.2. The van der Waals surface area contributed by atoms with E-state index in [9.17, 15) is 4.79 Å². The molecule has 160 valence electrons. The van der Waals surface area contributed by atoms with Crippen LogP contribution < -0.4 is 19.6 Å². The molecule has 0 spiro atoms. The number of nitrogens with one attached hydrogen (secondary N) is 1. The van der Waals surface area contributed by atoms with E-state index in [4.69, 9.17) is 14.2 Å². The van der Waals surface area contributed by atoms with Gasteiger partial charge in [-0.1, -0.05) is 46.3 Å². The number of carbonyl (C=O) groups is 1. The van der Waals surface area contributed by atoms with E-state index in [2.05, 4.69) is 42.4 Å². The largest absolute Gasteiger partial charge is 0.493 e. The summed E-state index contributed by atoms with van der Waals surface area (Å²) in [6, 6.07) is 18.5. The standard InChI is InChI=1S/C23H20Br2N2O4/c1-29-20-9-8-16(11-21(20)30-2)23(28)27-26-13-17-10-18(24)12-19(25)22(17)31-14-15-6-4-3-5-7-15/h3-13H,14H2,1-2H3,(H,27,28)/b26-13+. The smallest absolute Gasteiger partial charge is 0.271 e. The first-order chi connectivity index (χ1) is 15.0. The van der Waals surface area contributed by atoms with E-state index in [0.29, 0.717) is 35.0 Å². The van der Waals surface area contributed by atoms with E-state index in [0.717, 1.165) is 14.5 Å². The molecular weight excluding hydrogens is 528 g/mol. The first-order valence-electron chi connectivity index (χ1n) is 9.23. The van der Waals surface area contributed by atoms with E-state index in [-0.39, 0.29) is 5.91 Å². The summed E-state index contributed by atoms with van der Waals surface area (Å²) in [5.41, 5.74) is 4.66. The van der Waals surface area contributed by atoms with Crippen LogP contribution in [0.2, 0.25) is 0 Å². The van der Waals surface area contributed by atoms with Gasteiger partial charge in [0.15, 0.2) is 11.5 Å². The van der Waals surface area contributed by atoms with Crippen molar-refractivity contribution in [3.63, 3.8) is 0 Å². The molecule has 0 bridgehead atoms. The van der Waals surface area contributed by atoms with Crippen LogP contribution in [0.1, 0.15) is 21.5 Å². The molecule has 0 saturated carbocycles. The lowest BCUT2D eigenvalue weighted by Crippen LogP contribution is -2.17. The quantitative estimate of drug-likeness (QED) is 0.295. The van der Waals surface area contributed by atoms with Crippen molar-refractivity contribution >= 4 is 44.0 Å². The van der Waals surface area contributed by atoms with Gasteiger partial charge in [-0.2, -0.15) is 5.10 Å². The molecule has 0 fully saturated rings. The summed E-state index contributed by atoms with van der Waals surface area (Å²) < 4.78 is 18.0. The Labute approximate surface area is 197 Å². The van der Waals surface area contributed by atoms with E-state index in [1.54, 1.807) is 18.2 Å². The Morgan fingerprint density at radius 2 is 1.74 bits per heavy atom. The van der Waals surface area contributed by atoms with Crippen LogP contribution in [-0.4, -0.2) is 26.3 Å². The molecule has 0 unspecified atom stereocenters. The molecule has 8 heteroatoms. The van der Waals surface area contributed by atoms with E-state index >= 15 is 0 Å². The van der Waals surface area contributed by atoms with Crippen LogP contribution >= 0.6 is 31.9 Å². The molecule has 3 aromatic carbocycles. The number of carbonyl (C=O) groups excluding carboxylic acids is 1. The summed E-state index contributed by atoms with van der Waals surface area (Å²) >= 11 is 7.00. The Morgan fingerprint density at radius 3 is 2.45 bits per heavy atom. The number of methoxy groups -OCH3 is 2. The van der Waals surface area contributed by atoms with Gasteiger partial charge < -0.3 is 14.2 Å². The van der Waals surface area contributed by atoms with Crippen molar-refractivity contribution in [1.82, 2.24) is 5.43 Å². The fourth-order valence-corrected chi connectivity index (χ4v) is 4.13. The SMILES string of the molecule is COc1ccc(C(=O)N/N=C/c2cc(Br)cc(Br)c2OCc2ccccc2)cc1OC. The van der Waals surface area contributed by atoms with Crippen molar-refractivity contribution in [2.75, 3.05) is 14.2 Å². The van der Waals surface area contributed by atoms with Gasteiger partial charge >= 0.3 is 0 Å². The van der Waals surface area contributed by atoms with Crippen LogP contribution in [0.5, 0.6) is 17.2 Å². The molecule has 0 heterocycles. The van der Waals surface area contributed by atoms with Crippen molar-refractivity contribution in [3.05, 3.63) is 86.3 Å². The van der Waals surface area contributed by atoms with Gasteiger partial charge in [-0.05, 0) is 51.8 Å². The molecule has 0 aromatic heterocycles. The second-order valence-electron chi connectivity index (χ2n) is 6.35. The molecule has 0 aliphatic heterocycles. The van der Waals surface area contributed by atoms with E-state index < -0.39 is 0 Å². The zero-order valence-corrected chi connectivity index (χ0v) is 20.1. The minimum Gasteiger partial charge on any atom is -0.493 e. The van der Waals surface area contributed by atoms with Crippen molar-refractivity contribution in [2.45, 2.75) is 6.61 Å². The maximum Gasteiger partial charge on any atom is 0.271 e. The lowest BCUT2D eigenvalue weighted by atomic mass is 10.2. The lowest BCUT2D eigenvalue weighted by Gasteiger charge is -2.12. The average Bonchev–Trinajstić information content (AvgIpc) is 2.78. The van der Waals surface area contributed by atoms with Gasteiger partial charge in [-0.25, -0.2) is 5.43 Å². The average molecular weight is 548 g/mol. The lowest BCUT2D eigenvalue weighted by molar-refractivity contribution is 0.0954. The summed E-state index contributed by atoms with van der Waals surface area (Å²) in [5, 5.41) is 4.10. The van der Waals surface area contributed by atoms with Crippen LogP contribution in [0, 0.1) is 0 Å². The molecule has 0 aliphatic rings. The molecule has 1 amide bonds. The first kappa shape index (κ1) is 22.8. The molecule has 1 N–H and O–H groups in total. The van der Waals surface area contributed by atoms with Gasteiger partial charge in [0.2, 0.25) is 0 Å². The maximum atomic E-state index is 12.5. The third kappa shape index (κ3) is 6.08. The highest BCUT2D eigenvalue weighted by Gasteiger charge is 2.12. The van der Waals surface area contributed by atoms with Crippen molar-refractivity contribution in [1.29, 1.82) is 0 Å². The number of benzene rings is 3. The predicted molar refractivity (Wildman–Crippen MR) is 127 cm³/mol. The van der Waals surface area contributed by atoms with Gasteiger partial charge in [0.05, 0.1) is 24.9 Å². The number of rotatable bonds is 8. The van der Waals surface area contributed by atoms with Crippen LogP contribution in [0.25, 0.3) is 0 Å². The first-order valence-corrected chi connectivity index (χ1v) is 10.8. The van der Waals surface area contributed by atoms with Crippen molar-refractivity contribution < 1.29 is 19.0 Å². The second kappa shape index (κ2) is 11.0. The number of amides is 1. The molecule has 0 radical (unpaired) electrons.